The molecule has 0 unspecified atom stereocenters. The summed E-state index contributed by atoms with van der Waals surface area (Å²) in [5.74, 6) is -0.582. The Morgan fingerprint density at radius 1 is 1.06 bits per heavy atom. The van der Waals surface area contributed by atoms with E-state index in [1.807, 2.05) is 6.26 Å². The number of nitrogens with one attached hydrogen (secondary N) is 1. The van der Waals surface area contributed by atoms with Crippen LogP contribution in [0, 0.1) is 0 Å². The number of carbonyl (C=O) groups excluding carboxylic acids is 4. The number of likely N-dealkylation sites (N-methyl/N-ethyl adjacent to an activating group) is 1. The number of carbonyl (C=O) groups is 4. The zero-order chi connectivity index (χ0) is 23.3. The minimum absolute atomic E-state index is 0.218. The summed E-state index contributed by atoms with van der Waals surface area (Å²) in [5, 5.41) is 2.72. The smallest absolute Gasteiger partial charge is 0.262 e. The van der Waals surface area contributed by atoms with Crippen LogP contribution in [0.15, 0.2) is 48.5 Å². The van der Waals surface area contributed by atoms with Crippen LogP contribution in [0.25, 0.3) is 0 Å². The fourth-order valence-electron chi connectivity index (χ4n) is 3.51. The van der Waals surface area contributed by atoms with Crippen LogP contribution in [0.5, 0.6) is 5.75 Å². The van der Waals surface area contributed by atoms with Gasteiger partial charge in [0.15, 0.2) is 0 Å². The van der Waals surface area contributed by atoms with E-state index in [0.29, 0.717) is 34.7 Å². The van der Waals surface area contributed by atoms with Gasteiger partial charge in [0.1, 0.15) is 11.8 Å². The number of thioether (sulfide) groups is 1. The van der Waals surface area contributed by atoms with Gasteiger partial charge in [-0.3, -0.25) is 24.1 Å². The number of hydrogen-bond acceptors (Lipinski definition) is 6. The lowest BCUT2D eigenvalue weighted by Crippen LogP contribution is -2.51. The third-order valence-electron chi connectivity index (χ3n) is 5.15. The number of hydrogen-bond donors (Lipinski definition) is 1. The van der Waals surface area contributed by atoms with Crippen molar-refractivity contribution in [1.82, 2.24) is 9.80 Å². The van der Waals surface area contributed by atoms with Crippen LogP contribution in [0.2, 0.25) is 0 Å². The van der Waals surface area contributed by atoms with Gasteiger partial charge in [-0.1, -0.05) is 12.1 Å². The Morgan fingerprint density at radius 2 is 1.66 bits per heavy atom. The summed E-state index contributed by atoms with van der Waals surface area (Å²) in [6.45, 7) is -0.218. The molecule has 0 saturated carbocycles. The van der Waals surface area contributed by atoms with Gasteiger partial charge in [-0.25, -0.2) is 0 Å². The molecule has 3 rings (SSSR count). The monoisotopic (exact) mass is 455 g/mol. The lowest BCUT2D eigenvalue weighted by atomic mass is 10.1. The van der Waals surface area contributed by atoms with E-state index in [9.17, 15) is 19.2 Å². The first kappa shape index (κ1) is 23.3. The van der Waals surface area contributed by atoms with Gasteiger partial charge in [0.05, 0.1) is 24.8 Å². The Balaban J connectivity index is 1.71. The summed E-state index contributed by atoms with van der Waals surface area (Å²) in [6, 6.07) is 12.4. The van der Waals surface area contributed by atoms with E-state index in [1.165, 1.54) is 23.7 Å². The Labute approximate surface area is 190 Å². The van der Waals surface area contributed by atoms with Crippen molar-refractivity contribution in [3.63, 3.8) is 0 Å². The van der Waals surface area contributed by atoms with Crippen molar-refractivity contribution in [2.45, 2.75) is 12.5 Å². The molecule has 1 aliphatic heterocycles. The molecule has 1 aliphatic rings. The first-order valence-electron chi connectivity index (χ1n) is 10.0. The summed E-state index contributed by atoms with van der Waals surface area (Å²) in [4.78, 5) is 53.7. The van der Waals surface area contributed by atoms with Gasteiger partial charge in [-0.15, -0.1) is 0 Å². The minimum atomic E-state index is -0.978. The second kappa shape index (κ2) is 10.3. The molecule has 1 N–H and O–H groups in total. The predicted molar refractivity (Wildman–Crippen MR) is 123 cm³/mol. The average molecular weight is 456 g/mol. The summed E-state index contributed by atoms with van der Waals surface area (Å²) in [7, 11) is 3.04. The molecule has 0 fully saturated rings. The second-order valence-corrected chi connectivity index (χ2v) is 8.28. The highest BCUT2D eigenvalue weighted by atomic mass is 32.2. The molecule has 2 aromatic carbocycles. The Hall–Kier alpha value is -3.33. The quantitative estimate of drug-likeness (QED) is 0.584. The molecule has 1 heterocycles. The van der Waals surface area contributed by atoms with Gasteiger partial charge in [-0.05, 0) is 54.8 Å². The molecule has 0 aromatic heterocycles. The maximum Gasteiger partial charge on any atom is 0.262 e. The summed E-state index contributed by atoms with van der Waals surface area (Å²) >= 11 is 1.51. The lowest BCUT2D eigenvalue weighted by molar-refractivity contribution is -0.136. The van der Waals surface area contributed by atoms with Crippen molar-refractivity contribution < 1.29 is 23.9 Å². The van der Waals surface area contributed by atoms with Gasteiger partial charge < -0.3 is 15.0 Å². The molecular formula is C23H25N3O5S. The van der Waals surface area contributed by atoms with Crippen molar-refractivity contribution in [2.24, 2.45) is 0 Å². The van der Waals surface area contributed by atoms with Gasteiger partial charge in [0.2, 0.25) is 11.8 Å². The maximum absolute atomic E-state index is 13.2. The second-order valence-electron chi connectivity index (χ2n) is 7.29. The fraction of sp³-hybridized carbons (Fsp3) is 0.304. The largest absolute Gasteiger partial charge is 0.497 e. The molecule has 4 amide bonds. The molecule has 1 atom stereocenters. The molecule has 9 heteroatoms. The summed E-state index contributed by atoms with van der Waals surface area (Å²) in [5.41, 5.74) is 1.15. The van der Waals surface area contributed by atoms with E-state index in [1.54, 1.807) is 55.6 Å². The first-order valence-corrected chi connectivity index (χ1v) is 11.4. The Bertz CT molecular complexity index is 990. The predicted octanol–water partition coefficient (Wildman–Crippen LogP) is 2.51. The standard InChI is InChI=1S/C23H25N3O5S/c1-25(14-20(27)24-15-8-10-16(31-2)11-9-15)23(30)19(12-13-32-3)26-21(28)17-6-4-5-7-18(17)22(26)29/h4-11,19H,12-14H2,1-3H3,(H,24,27)/t19-/m0/s1. The highest BCUT2D eigenvalue weighted by Crippen LogP contribution is 2.27. The topological polar surface area (TPSA) is 96.0 Å². The van der Waals surface area contributed by atoms with E-state index in [-0.39, 0.29) is 6.54 Å². The summed E-state index contributed by atoms with van der Waals surface area (Å²) in [6.07, 6.45) is 2.19. The number of ether oxygens (including phenoxy) is 1. The first-order chi connectivity index (χ1) is 15.4. The van der Waals surface area contributed by atoms with Gasteiger partial charge >= 0.3 is 0 Å². The number of anilines is 1. The highest BCUT2D eigenvalue weighted by Gasteiger charge is 2.43. The van der Waals surface area contributed by atoms with E-state index in [0.717, 1.165) is 4.90 Å². The molecule has 8 nitrogen and oxygen atoms in total. The third-order valence-corrected chi connectivity index (χ3v) is 5.79. The van der Waals surface area contributed by atoms with Crippen molar-refractivity contribution in [1.29, 1.82) is 0 Å². The van der Waals surface area contributed by atoms with Gasteiger partial charge in [-0.2, -0.15) is 11.8 Å². The van der Waals surface area contributed by atoms with E-state index < -0.39 is 29.7 Å². The van der Waals surface area contributed by atoms with E-state index >= 15 is 0 Å². The fourth-order valence-corrected chi connectivity index (χ4v) is 3.96. The molecular weight excluding hydrogens is 430 g/mol. The van der Waals surface area contributed by atoms with Crippen LogP contribution < -0.4 is 10.1 Å². The number of methoxy groups -OCH3 is 1. The van der Waals surface area contributed by atoms with Crippen LogP contribution in [0.1, 0.15) is 27.1 Å². The Kier molecular flexibility index (Phi) is 7.53. The van der Waals surface area contributed by atoms with Crippen LogP contribution >= 0.6 is 11.8 Å². The number of fused-ring (bicyclic) bond motifs is 1. The number of nitrogens with zero attached hydrogens (tertiary/aromatic N) is 2. The van der Waals surface area contributed by atoms with Crippen LogP contribution in [0.3, 0.4) is 0 Å². The normalized spacial score (nSPS) is 13.5. The molecule has 0 saturated heterocycles. The molecule has 32 heavy (non-hydrogen) atoms. The van der Waals surface area contributed by atoms with E-state index in [4.69, 9.17) is 4.74 Å². The molecule has 0 radical (unpaired) electrons. The van der Waals surface area contributed by atoms with Gasteiger partial charge in [0, 0.05) is 12.7 Å². The van der Waals surface area contributed by atoms with E-state index in [2.05, 4.69) is 5.32 Å². The highest BCUT2D eigenvalue weighted by molar-refractivity contribution is 7.98. The molecule has 2 aromatic rings. The van der Waals surface area contributed by atoms with Crippen LogP contribution in [0.4, 0.5) is 5.69 Å². The van der Waals surface area contributed by atoms with Crippen LogP contribution in [-0.4, -0.2) is 72.2 Å². The molecule has 0 aliphatic carbocycles. The molecule has 0 bridgehead atoms. The Morgan fingerprint density at radius 3 is 2.19 bits per heavy atom. The maximum atomic E-state index is 13.2. The zero-order valence-corrected chi connectivity index (χ0v) is 19.0. The van der Waals surface area contributed by atoms with Gasteiger partial charge in [0.25, 0.3) is 11.8 Å². The number of amides is 4. The number of imide groups is 1. The van der Waals surface area contributed by atoms with Crippen molar-refractivity contribution in [3.05, 3.63) is 59.7 Å². The van der Waals surface area contributed by atoms with Crippen LogP contribution in [-0.2, 0) is 9.59 Å². The molecule has 168 valence electrons. The lowest BCUT2D eigenvalue weighted by Gasteiger charge is -2.29. The zero-order valence-electron chi connectivity index (χ0n) is 18.2. The molecule has 0 spiro atoms. The van der Waals surface area contributed by atoms with Crippen molar-refractivity contribution >= 4 is 41.1 Å². The number of benzene rings is 2. The SMILES string of the molecule is COc1ccc(NC(=O)CN(C)C(=O)[C@H](CCSC)N2C(=O)c3ccccc3C2=O)cc1. The summed E-state index contributed by atoms with van der Waals surface area (Å²) < 4.78 is 5.09. The number of rotatable bonds is 9. The minimum Gasteiger partial charge on any atom is -0.497 e. The van der Waals surface area contributed by atoms with Crippen molar-refractivity contribution in [2.75, 3.05) is 38.0 Å². The third kappa shape index (κ3) is 4.94. The average Bonchev–Trinajstić information content (AvgIpc) is 3.05. The van der Waals surface area contributed by atoms with Crippen molar-refractivity contribution in [3.8, 4) is 5.75 Å².